The zero-order chi connectivity index (χ0) is 28.7. The molecule has 1 saturated heterocycles. The first-order chi connectivity index (χ1) is 18.4. The van der Waals surface area contributed by atoms with Gasteiger partial charge in [-0.1, -0.05) is 43.7 Å². The molecule has 0 spiro atoms. The molecule has 1 aliphatic rings. The van der Waals surface area contributed by atoms with Crippen LogP contribution in [0.25, 0.3) is 0 Å². The fourth-order valence-corrected chi connectivity index (χ4v) is 5.79. The SMILES string of the molecule is Cc1ccc(S(=O)(=O)NC(CC(C)C)C(=O)N2CCC(C(=O)NC(Cc3ccc(O)cc3)C(=O)O)CC2)cc1. The molecular formula is C28H37N3O7S. The molecule has 0 bridgehead atoms. The molecule has 10 nitrogen and oxygen atoms in total. The van der Waals surface area contributed by atoms with Crippen molar-refractivity contribution in [3.63, 3.8) is 0 Å². The van der Waals surface area contributed by atoms with Gasteiger partial charge in [0.15, 0.2) is 0 Å². The molecule has 212 valence electrons. The van der Waals surface area contributed by atoms with E-state index in [0.29, 0.717) is 24.8 Å². The highest BCUT2D eigenvalue weighted by Crippen LogP contribution is 2.21. The average Bonchev–Trinajstić information content (AvgIpc) is 2.88. The topological polar surface area (TPSA) is 153 Å². The van der Waals surface area contributed by atoms with Gasteiger partial charge in [-0.3, -0.25) is 9.59 Å². The lowest BCUT2D eigenvalue weighted by molar-refractivity contribution is -0.143. The molecule has 0 radical (unpaired) electrons. The van der Waals surface area contributed by atoms with Crippen molar-refractivity contribution in [3.8, 4) is 5.75 Å². The molecule has 2 aromatic rings. The lowest BCUT2D eigenvalue weighted by Gasteiger charge is -2.34. The molecule has 4 N–H and O–H groups in total. The van der Waals surface area contributed by atoms with Crippen LogP contribution in [-0.4, -0.2) is 66.5 Å². The van der Waals surface area contributed by atoms with Crippen molar-refractivity contribution >= 4 is 27.8 Å². The zero-order valence-corrected chi connectivity index (χ0v) is 23.3. The Bertz CT molecular complexity index is 1250. The number of nitrogens with zero attached hydrogens (tertiary/aromatic N) is 1. The van der Waals surface area contributed by atoms with E-state index in [1.54, 1.807) is 29.2 Å². The molecular weight excluding hydrogens is 522 g/mol. The Hall–Kier alpha value is -3.44. The molecule has 0 aromatic heterocycles. The fourth-order valence-electron chi connectivity index (χ4n) is 4.58. The normalized spacial score (nSPS) is 16.1. The van der Waals surface area contributed by atoms with E-state index in [9.17, 15) is 33.0 Å². The zero-order valence-electron chi connectivity index (χ0n) is 22.5. The minimum absolute atomic E-state index is 0.0597. The summed E-state index contributed by atoms with van der Waals surface area (Å²) < 4.78 is 28.5. The Kier molecular flexibility index (Phi) is 10.1. The minimum atomic E-state index is -3.91. The molecule has 1 aliphatic heterocycles. The van der Waals surface area contributed by atoms with Crippen LogP contribution in [0.4, 0.5) is 0 Å². The number of phenolic OH excluding ortho intramolecular Hbond substituents is 1. The van der Waals surface area contributed by atoms with Gasteiger partial charge in [-0.2, -0.15) is 4.72 Å². The summed E-state index contributed by atoms with van der Waals surface area (Å²) in [5.41, 5.74) is 1.58. The van der Waals surface area contributed by atoms with Crippen LogP contribution in [0.5, 0.6) is 5.75 Å². The second kappa shape index (κ2) is 13.1. The fraction of sp³-hybridized carbons (Fsp3) is 0.464. The number of amides is 2. The number of carbonyl (C=O) groups is 3. The second-order valence-corrected chi connectivity index (χ2v) is 12.2. The maximum Gasteiger partial charge on any atom is 0.326 e. The first kappa shape index (κ1) is 30.1. The van der Waals surface area contributed by atoms with Crippen LogP contribution in [0.15, 0.2) is 53.4 Å². The van der Waals surface area contributed by atoms with Crippen molar-refractivity contribution in [2.45, 2.75) is 63.4 Å². The van der Waals surface area contributed by atoms with E-state index >= 15 is 0 Å². The molecule has 2 aromatic carbocycles. The van der Waals surface area contributed by atoms with E-state index < -0.39 is 39.9 Å². The number of carboxylic acid groups (broad SMARTS) is 1. The van der Waals surface area contributed by atoms with Gasteiger partial charge in [-0.25, -0.2) is 13.2 Å². The number of sulfonamides is 1. The Balaban J connectivity index is 1.60. The van der Waals surface area contributed by atoms with Gasteiger partial charge in [0, 0.05) is 25.4 Å². The van der Waals surface area contributed by atoms with Crippen LogP contribution < -0.4 is 10.0 Å². The summed E-state index contributed by atoms with van der Waals surface area (Å²) >= 11 is 0. The molecule has 2 amide bonds. The number of aryl methyl sites for hydroxylation is 1. The first-order valence-corrected chi connectivity index (χ1v) is 14.5. The van der Waals surface area contributed by atoms with Crippen LogP contribution >= 0.6 is 0 Å². The maximum absolute atomic E-state index is 13.4. The summed E-state index contributed by atoms with van der Waals surface area (Å²) in [7, 11) is -3.91. The van der Waals surface area contributed by atoms with Gasteiger partial charge in [0.25, 0.3) is 0 Å². The number of hydrogen-bond donors (Lipinski definition) is 4. The van der Waals surface area contributed by atoms with E-state index in [-0.39, 0.29) is 42.0 Å². The summed E-state index contributed by atoms with van der Waals surface area (Å²) in [4.78, 5) is 39.7. The quantitative estimate of drug-likeness (QED) is 0.330. The van der Waals surface area contributed by atoms with Crippen LogP contribution in [0.1, 0.15) is 44.2 Å². The van der Waals surface area contributed by atoms with Crippen molar-refractivity contribution in [2.75, 3.05) is 13.1 Å². The van der Waals surface area contributed by atoms with E-state index in [1.807, 2.05) is 20.8 Å². The summed E-state index contributed by atoms with van der Waals surface area (Å²) in [6.45, 7) is 6.19. The number of aliphatic carboxylic acids is 1. The number of phenols is 1. The van der Waals surface area contributed by atoms with Crippen molar-refractivity contribution in [3.05, 3.63) is 59.7 Å². The number of carbonyl (C=O) groups excluding carboxylic acids is 2. The maximum atomic E-state index is 13.4. The Morgan fingerprint density at radius 1 is 0.974 bits per heavy atom. The third-order valence-electron chi connectivity index (χ3n) is 6.80. The van der Waals surface area contributed by atoms with Gasteiger partial charge in [0.2, 0.25) is 21.8 Å². The van der Waals surface area contributed by atoms with Crippen molar-refractivity contribution in [1.29, 1.82) is 0 Å². The molecule has 2 unspecified atom stereocenters. The standard InChI is InChI=1S/C28H37N3O7S/c1-18(2)16-24(30-39(37,38)23-10-4-19(3)5-11-23)27(34)31-14-12-21(13-15-31)26(33)29-25(28(35)36)17-20-6-8-22(32)9-7-20/h4-11,18,21,24-25,30,32H,12-17H2,1-3H3,(H,29,33)(H,35,36). The summed E-state index contributed by atoms with van der Waals surface area (Å²) in [6.07, 6.45) is 1.06. The number of piperidine rings is 1. The predicted molar refractivity (Wildman–Crippen MR) is 145 cm³/mol. The third kappa shape index (κ3) is 8.52. The van der Waals surface area contributed by atoms with Crippen LogP contribution in [-0.2, 0) is 30.8 Å². The van der Waals surface area contributed by atoms with Crippen molar-refractivity contribution < 1.29 is 33.0 Å². The number of rotatable bonds is 11. The number of benzene rings is 2. The van der Waals surface area contributed by atoms with E-state index in [4.69, 9.17) is 0 Å². The third-order valence-corrected chi connectivity index (χ3v) is 8.29. The van der Waals surface area contributed by atoms with Gasteiger partial charge in [0.1, 0.15) is 17.8 Å². The smallest absolute Gasteiger partial charge is 0.326 e. The Morgan fingerprint density at radius 2 is 1.56 bits per heavy atom. The highest BCUT2D eigenvalue weighted by atomic mass is 32.2. The van der Waals surface area contributed by atoms with E-state index in [0.717, 1.165) is 5.56 Å². The van der Waals surface area contributed by atoms with Gasteiger partial charge in [-0.05, 0) is 61.9 Å². The lowest BCUT2D eigenvalue weighted by atomic mass is 9.94. The second-order valence-electron chi connectivity index (χ2n) is 10.5. The minimum Gasteiger partial charge on any atom is -0.508 e. The highest BCUT2D eigenvalue weighted by Gasteiger charge is 2.34. The predicted octanol–water partition coefficient (Wildman–Crippen LogP) is 2.44. The molecule has 1 fully saturated rings. The van der Waals surface area contributed by atoms with Gasteiger partial charge >= 0.3 is 5.97 Å². The summed E-state index contributed by atoms with van der Waals surface area (Å²) in [6, 6.07) is 10.4. The molecule has 39 heavy (non-hydrogen) atoms. The summed E-state index contributed by atoms with van der Waals surface area (Å²) in [5.74, 6) is -2.25. The first-order valence-electron chi connectivity index (χ1n) is 13.0. The molecule has 0 saturated carbocycles. The average molecular weight is 560 g/mol. The largest absolute Gasteiger partial charge is 0.508 e. The molecule has 2 atom stereocenters. The highest BCUT2D eigenvalue weighted by molar-refractivity contribution is 7.89. The molecule has 1 heterocycles. The van der Waals surface area contributed by atoms with Crippen LogP contribution in [0, 0.1) is 18.8 Å². The monoisotopic (exact) mass is 559 g/mol. The molecule has 11 heteroatoms. The number of nitrogens with one attached hydrogen (secondary N) is 2. The lowest BCUT2D eigenvalue weighted by Crippen LogP contribution is -2.53. The Labute approximate surface area is 229 Å². The van der Waals surface area contributed by atoms with Gasteiger partial charge in [0.05, 0.1) is 4.90 Å². The summed E-state index contributed by atoms with van der Waals surface area (Å²) in [5, 5.41) is 21.6. The number of likely N-dealkylation sites (tertiary alicyclic amines) is 1. The number of carboxylic acids is 1. The van der Waals surface area contributed by atoms with Crippen LogP contribution in [0.3, 0.4) is 0 Å². The van der Waals surface area contributed by atoms with E-state index in [2.05, 4.69) is 10.0 Å². The van der Waals surface area contributed by atoms with Crippen molar-refractivity contribution in [2.24, 2.45) is 11.8 Å². The number of aromatic hydroxyl groups is 1. The van der Waals surface area contributed by atoms with Crippen LogP contribution in [0.2, 0.25) is 0 Å². The molecule has 3 rings (SSSR count). The van der Waals surface area contributed by atoms with Crippen molar-refractivity contribution in [1.82, 2.24) is 14.9 Å². The van der Waals surface area contributed by atoms with Gasteiger partial charge < -0.3 is 20.4 Å². The Morgan fingerprint density at radius 3 is 2.10 bits per heavy atom. The molecule has 0 aliphatic carbocycles. The van der Waals surface area contributed by atoms with E-state index in [1.165, 1.54) is 24.3 Å². The number of hydrogen-bond acceptors (Lipinski definition) is 6. The van der Waals surface area contributed by atoms with Gasteiger partial charge in [-0.15, -0.1) is 0 Å².